The molecule has 1 unspecified atom stereocenters. The zero-order valence-corrected chi connectivity index (χ0v) is 15.1. The van der Waals surface area contributed by atoms with Gasteiger partial charge in [0.15, 0.2) is 11.6 Å². The van der Waals surface area contributed by atoms with E-state index < -0.39 is 0 Å². The second kappa shape index (κ2) is 6.32. The number of rotatable bonds is 4. The molecule has 4 rings (SSSR count). The van der Waals surface area contributed by atoms with Crippen LogP contribution in [0.5, 0.6) is 0 Å². The molecule has 0 aromatic carbocycles. The van der Waals surface area contributed by atoms with E-state index in [9.17, 15) is 4.79 Å². The fourth-order valence-electron chi connectivity index (χ4n) is 3.85. The van der Waals surface area contributed by atoms with Crippen LogP contribution in [0.4, 0.5) is 5.95 Å². The molecule has 0 radical (unpaired) electrons. The first kappa shape index (κ1) is 16.9. The number of aliphatic hydroxyl groups is 1. The molecule has 7 heteroatoms. The number of allylic oxidation sites excluding steroid dienone is 2. The molecule has 7 nitrogen and oxygen atoms in total. The van der Waals surface area contributed by atoms with Gasteiger partial charge in [-0.2, -0.15) is 10.1 Å². The molecule has 2 aliphatic rings. The average Bonchev–Trinajstić information content (AvgIpc) is 3.00. The monoisotopic (exact) mass is 353 g/mol. The van der Waals surface area contributed by atoms with Crippen molar-refractivity contribution in [3.05, 3.63) is 47.2 Å². The van der Waals surface area contributed by atoms with Crippen LogP contribution in [0, 0.1) is 5.41 Å². The van der Waals surface area contributed by atoms with Gasteiger partial charge in [0.2, 0.25) is 5.95 Å². The number of Topliss-reactive ketones (excluding diaryl/α,β-unsaturated/α-hetero) is 1. The van der Waals surface area contributed by atoms with Gasteiger partial charge in [-0.3, -0.25) is 9.78 Å². The molecular weight excluding hydrogens is 330 g/mol. The van der Waals surface area contributed by atoms with Crippen molar-refractivity contribution in [1.82, 2.24) is 19.7 Å². The van der Waals surface area contributed by atoms with Gasteiger partial charge in [0.25, 0.3) is 0 Å². The third-order valence-electron chi connectivity index (χ3n) is 4.96. The Hall–Kier alpha value is -2.54. The van der Waals surface area contributed by atoms with E-state index in [-0.39, 0.29) is 23.8 Å². The van der Waals surface area contributed by atoms with Gasteiger partial charge in [-0.15, -0.1) is 0 Å². The maximum absolute atomic E-state index is 13.0. The molecule has 26 heavy (non-hydrogen) atoms. The fourth-order valence-corrected chi connectivity index (χ4v) is 3.85. The summed E-state index contributed by atoms with van der Waals surface area (Å²) in [4.78, 5) is 21.7. The van der Waals surface area contributed by atoms with Crippen LogP contribution >= 0.6 is 0 Å². The predicted molar refractivity (Wildman–Crippen MR) is 96.5 cm³/mol. The van der Waals surface area contributed by atoms with Crippen LogP contribution in [0.1, 0.15) is 50.5 Å². The number of hydrogen-bond acceptors (Lipinski definition) is 6. The van der Waals surface area contributed by atoms with Crippen molar-refractivity contribution in [3.8, 4) is 0 Å². The Morgan fingerprint density at radius 2 is 2.08 bits per heavy atom. The third kappa shape index (κ3) is 2.92. The number of ketones is 1. The van der Waals surface area contributed by atoms with Crippen LogP contribution in [-0.4, -0.2) is 37.2 Å². The maximum atomic E-state index is 13.0. The molecule has 0 saturated carbocycles. The van der Waals surface area contributed by atoms with Gasteiger partial charge in [-0.25, -0.2) is 4.68 Å². The van der Waals surface area contributed by atoms with E-state index in [4.69, 9.17) is 5.11 Å². The van der Waals surface area contributed by atoms with Crippen LogP contribution in [-0.2, 0) is 11.2 Å². The van der Waals surface area contributed by atoms with Gasteiger partial charge in [0.05, 0.1) is 0 Å². The first-order valence-electron chi connectivity index (χ1n) is 8.98. The van der Waals surface area contributed by atoms with Gasteiger partial charge in [-0.1, -0.05) is 13.8 Å². The highest BCUT2D eigenvalue weighted by Gasteiger charge is 2.41. The lowest BCUT2D eigenvalue weighted by molar-refractivity contribution is -0.118. The summed E-state index contributed by atoms with van der Waals surface area (Å²) in [7, 11) is 0. The molecule has 2 N–H and O–H groups in total. The average molecular weight is 353 g/mol. The standard InChI is InChI=1S/C19H23N5O2/c1-19(2)10-13-16(14(26)11-19)17(12-5-7-20-8-6-12)24-18(21-13)22-15(23-24)4-3-9-25/h5-8,17,25H,3-4,9-11H2,1-2H3,(H,21,22,23). The summed E-state index contributed by atoms with van der Waals surface area (Å²) in [6.45, 7) is 4.33. The Labute approximate surface area is 152 Å². The van der Waals surface area contributed by atoms with Gasteiger partial charge >= 0.3 is 0 Å². The molecule has 136 valence electrons. The zero-order valence-electron chi connectivity index (χ0n) is 15.1. The van der Waals surface area contributed by atoms with Crippen molar-refractivity contribution in [3.63, 3.8) is 0 Å². The lowest BCUT2D eigenvalue weighted by Crippen LogP contribution is -2.36. The molecule has 3 heterocycles. The molecule has 1 aliphatic carbocycles. The number of carbonyl (C=O) groups excluding carboxylic acids is 1. The number of hydrogen-bond donors (Lipinski definition) is 2. The van der Waals surface area contributed by atoms with Gasteiger partial charge in [0, 0.05) is 43.1 Å². The zero-order chi connectivity index (χ0) is 18.3. The Bertz CT molecular complexity index is 869. The van der Waals surface area contributed by atoms with Crippen molar-refractivity contribution in [2.45, 2.75) is 45.6 Å². The molecule has 2 aromatic rings. The number of nitrogens with one attached hydrogen (secondary N) is 1. The predicted octanol–water partition coefficient (Wildman–Crippen LogP) is 2.26. The minimum Gasteiger partial charge on any atom is -0.396 e. The Balaban J connectivity index is 1.83. The van der Waals surface area contributed by atoms with E-state index in [0.717, 1.165) is 23.3 Å². The van der Waals surface area contributed by atoms with Crippen LogP contribution in [0.25, 0.3) is 0 Å². The summed E-state index contributed by atoms with van der Waals surface area (Å²) < 4.78 is 1.80. The Morgan fingerprint density at radius 1 is 1.31 bits per heavy atom. The number of aliphatic hydroxyl groups excluding tert-OH is 1. The van der Waals surface area contributed by atoms with Gasteiger partial charge in [-0.05, 0) is 36.0 Å². The highest BCUT2D eigenvalue weighted by molar-refractivity contribution is 6.00. The first-order chi connectivity index (χ1) is 12.5. The van der Waals surface area contributed by atoms with Crippen LogP contribution in [0.3, 0.4) is 0 Å². The summed E-state index contributed by atoms with van der Waals surface area (Å²) in [5.41, 5.74) is 2.62. The number of carbonyl (C=O) groups is 1. The molecule has 0 amide bonds. The molecule has 2 aromatic heterocycles. The SMILES string of the molecule is CC1(C)CC(=O)C2=C(C1)Nc1nc(CCCO)nn1C2c1ccncc1. The van der Waals surface area contributed by atoms with Crippen molar-refractivity contribution in [2.75, 3.05) is 11.9 Å². The molecule has 1 aliphatic heterocycles. The molecule has 0 bridgehead atoms. The number of fused-ring (bicyclic) bond motifs is 1. The topological polar surface area (TPSA) is 92.9 Å². The lowest BCUT2D eigenvalue weighted by atomic mass is 9.73. The number of pyridine rings is 1. The fraction of sp³-hybridized carbons (Fsp3) is 0.474. The minimum atomic E-state index is -0.289. The van der Waals surface area contributed by atoms with Crippen molar-refractivity contribution < 1.29 is 9.90 Å². The summed E-state index contributed by atoms with van der Waals surface area (Å²) in [5, 5.41) is 17.1. The van der Waals surface area contributed by atoms with Crippen molar-refractivity contribution >= 4 is 11.7 Å². The van der Waals surface area contributed by atoms with Crippen molar-refractivity contribution in [2.24, 2.45) is 5.41 Å². The summed E-state index contributed by atoms with van der Waals surface area (Å²) in [5.74, 6) is 1.49. The molecular formula is C19H23N5O2. The van der Waals surface area contributed by atoms with E-state index in [1.165, 1.54) is 0 Å². The molecule has 0 spiro atoms. The Kier molecular flexibility index (Phi) is 4.11. The first-order valence-corrected chi connectivity index (χ1v) is 8.98. The molecule has 1 atom stereocenters. The number of aromatic nitrogens is 4. The van der Waals surface area contributed by atoms with E-state index >= 15 is 0 Å². The lowest BCUT2D eigenvalue weighted by Gasteiger charge is -2.38. The highest BCUT2D eigenvalue weighted by atomic mass is 16.3. The summed E-state index contributed by atoms with van der Waals surface area (Å²) >= 11 is 0. The van der Waals surface area contributed by atoms with E-state index in [0.29, 0.717) is 31.0 Å². The second-order valence-corrected chi connectivity index (χ2v) is 7.76. The quantitative estimate of drug-likeness (QED) is 0.876. The van der Waals surface area contributed by atoms with E-state index in [1.54, 1.807) is 17.1 Å². The minimum absolute atomic E-state index is 0.0758. The van der Waals surface area contributed by atoms with Crippen LogP contribution in [0.15, 0.2) is 35.8 Å². The number of aryl methyl sites for hydroxylation is 1. The number of anilines is 1. The highest BCUT2D eigenvalue weighted by Crippen LogP contribution is 2.45. The normalized spacial score (nSPS) is 21.2. The maximum Gasteiger partial charge on any atom is 0.226 e. The third-order valence-corrected chi connectivity index (χ3v) is 4.96. The Morgan fingerprint density at radius 3 is 2.81 bits per heavy atom. The summed E-state index contributed by atoms with van der Waals surface area (Å²) in [6.07, 6.45) is 6.01. The van der Waals surface area contributed by atoms with Gasteiger partial charge in [0.1, 0.15) is 6.04 Å². The largest absolute Gasteiger partial charge is 0.396 e. The van der Waals surface area contributed by atoms with Crippen molar-refractivity contribution in [1.29, 1.82) is 0 Å². The van der Waals surface area contributed by atoms with Crippen LogP contribution in [0.2, 0.25) is 0 Å². The second-order valence-electron chi connectivity index (χ2n) is 7.76. The van der Waals surface area contributed by atoms with E-state index in [1.807, 2.05) is 12.1 Å². The molecule has 0 saturated heterocycles. The van der Waals surface area contributed by atoms with Gasteiger partial charge < -0.3 is 10.4 Å². The number of nitrogens with zero attached hydrogens (tertiary/aromatic N) is 4. The van der Waals surface area contributed by atoms with E-state index in [2.05, 4.69) is 34.2 Å². The van der Waals surface area contributed by atoms with Crippen LogP contribution < -0.4 is 5.32 Å². The smallest absolute Gasteiger partial charge is 0.226 e. The molecule has 0 fully saturated rings. The summed E-state index contributed by atoms with van der Waals surface area (Å²) in [6, 6.07) is 3.56.